The molecule has 0 spiro atoms. The van der Waals surface area contributed by atoms with Gasteiger partial charge in [0.25, 0.3) is 0 Å². The van der Waals surface area contributed by atoms with Crippen LogP contribution in [0.1, 0.15) is 20.8 Å². The number of rotatable bonds is 5. The van der Waals surface area contributed by atoms with Crippen molar-refractivity contribution in [3.8, 4) is 0 Å². The van der Waals surface area contributed by atoms with Gasteiger partial charge in [0.1, 0.15) is 6.04 Å². The van der Waals surface area contributed by atoms with E-state index in [2.05, 4.69) is 44.1 Å². The zero-order chi connectivity index (χ0) is 15.4. The zero-order valence-corrected chi connectivity index (χ0v) is 14.8. The van der Waals surface area contributed by atoms with E-state index in [1.165, 1.54) is 7.11 Å². The van der Waals surface area contributed by atoms with Gasteiger partial charge in [0.05, 0.1) is 13.7 Å². The molecule has 0 amide bonds. The summed E-state index contributed by atoms with van der Waals surface area (Å²) in [5, 5.41) is 3.45. The minimum atomic E-state index is -1.84. The van der Waals surface area contributed by atoms with E-state index in [0.717, 1.165) is 26.2 Å². The summed E-state index contributed by atoms with van der Waals surface area (Å²) in [6.45, 7) is 15.0. The summed E-state index contributed by atoms with van der Waals surface area (Å²) < 4.78 is 11.2. The first kappa shape index (κ1) is 17.6. The van der Waals surface area contributed by atoms with Gasteiger partial charge in [0, 0.05) is 26.2 Å². The number of nitrogens with one attached hydrogen (secondary N) is 1. The molecule has 1 atom stereocenters. The highest BCUT2D eigenvalue weighted by Gasteiger charge is 2.39. The molecule has 1 heterocycles. The van der Waals surface area contributed by atoms with Gasteiger partial charge in [0.2, 0.25) is 0 Å². The van der Waals surface area contributed by atoms with Crippen LogP contribution in [-0.4, -0.2) is 65.1 Å². The summed E-state index contributed by atoms with van der Waals surface area (Å²) in [7, 11) is -0.392. The number of hydrogen-bond donors (Lipinski definition) is 1. The van der Waals surface area contributed by atoms with E-state index in [9.17, 15) is 4.79 Å². The van der Waals surface area contributed by atoms with Gasteiger partial charge in [-0.2, -0.15) is 0 Å². The minimum absolute atomic E-state index is 0.150. The number of esters is 1. The van der Waals surface area contributed by atoms with E-state index in [1.807, 2.05) is 0 Å². The van der Waals surface area contributed by atoms with Gasteiger partial charge in [0.15, 0.2) is 8.32 Å². The summed E-state index contributed by atoms with van der Waals surface area (Å²) in [6, 6.07) is -0.281. The molecule has 0 aromatic heterocycles. The number of methoxy groups -OCH3 is 1. The number of hydrogen-bond acceptors (Lipinski definition) is 5. The summed E-state index contributed by atoms with van der Waals surface area (Å²) in [5.41, 5.74) is 0. The second-order valence-electron chi connectivity index (χ2n) is 6.90. The van der Waals surface area contributed by atoms with Crippen LogP contribution in [0.4, 0.5) is 0 Å². The number of carbonyl (C=O) groups is 1. The molecule has 1 N–H and O–H groups in total. The molecule has 1 aliphatic rings. The fourth-order valence-corrected chi connectivity index (χ4v) is 2.96. The third kappa shape index (κ3) is 4.55. The second-order valence-corrected chi connectivity index (χ2v) is 11.7. The highest BCUT2D eigenvalue weighted by Crippen LogP contribution is 2.36. The quantitative estimate of drug-likeness (QED) is 0.615. The van der Waals surface area contributed by atoms with E-state index in [4.69, 9.17) is 9.16 Å². The van der Waals surface area contributed by atoms with Crippen molar-refractivity contribution in [3.05, 3.63) is 0 Å². The van der Waals surface area contributed by atoms with Crippen molar-refractivity contribution < 1.29 is 14.0 Å². The van der Waals surface area contributed by atoms with Crippen LogP contribution in [-0.2, 0) is 14.0 Å². The van der Waals surface area contributed by atoms with Crippen LogP contribution in [0.2, 0.25) is 18.1 Å². The van der Waals surface area contributed by atoms with Gasteiger partial charge in [-0.1, -0.05) is 20.8 Å². The maximum Gasteiger partial charge on any atom is 0.325 e. The molecule has 1 rings (SSSR count). The zero-order valence-electron chi connectivity index (χ0n) is 13.8. The first-order valence-corrected chi connectivity index (χ1v) is 10.3. The van der Waals surface area contributed by atoms with Crippen molar-refractivity contribution in [1.82, 2.24) is 10.2 Å². The van der Waals surface area contributed by atoms with Crippen LogP contribution in [0.25, 0.3) is 0 Å². The summed E-state index contributed by atoms with van der Waals surface area (Å²) in [5.74, 6) is -0.189. The third-order valence-electron chi connectivity index (χ3n) is 4.47. The van der Waals surface area contributed by atoms with Crippen molar-refractivity contribution in [3.63, 3.8) is 0 Å². The van der Waals surface area contributed by atoms with Gasteiger partial charge in [-0.05, 0) is 18.1 Å². The molecule has 118 valence electrons. The lowest BCUT2D eigenvalue weighted by molar-refractivity contribution is -0.148. The molecule has 0 saturated carbocycles. The van der Waals surface area contributed by atoms with E-state index < -0.39 is 8.32 Å². The van der Waals surface area contributed by atoms with Crippen LogP contribution in [0.3, 0.4) is 0 Å². The lowest BCUT2D eigenvalue weighted by Crippen LogP contribution is -2.55. The maximum absolute atomic E-state index is 12.0. The largest absolute Gasteiger partial charge is 0.468 e. The van der Waals surface area contributed by atoms with Gasteiger partial charge in [-0.3, -0.25) is 9.69 Å². The fourth-order valence-electron chi connectivity index (χ4n) is 1.96. The molecule has 5 nitrogen and oxygen atoms in total. The van der Waals surface area contributed by atoms with E-state index in [-0.39, 0.29) is 17.0 Å². The minimum Gasteiger partial charge on any atom is -0.468 e. The van der Waals surface area contributed by atoms with Crippen LogP contribution in [0.5, 0.6) is 0 Å². The monoisotopic (exact) mass is 302 g/mol. The average Bonchev–Trinajstić information content (AvgIpc) is 2.38. The van der Waals surface area contributed by atoms with Crippen molar-refractivity contribution in [2.24, 2.45) is 0 Å². The van der Waals surface area contributed by atoms with Crippen LogP contribution < -0.4 is 5.32 Å². The third-order valence-corrected chi connectivity index (χ3v) is 8.97. The van der Waals surface area contributed by atoms with Crippen molar-refractivity contribution in [2.75, 3.05) is 39.9 Å². The molecule has 0 aromatic carbocycles. The summed E-state index contributed by atoms with van der Waals surface area (Å²) in [4.78, 5) is 14.2. The smallest absolute Gasteiger partial charge is 0.325 e. The van der Waals surface area contributed by atoms with Crippen molar-refractivity contribution in [2.45, 2.75) is 44.9 Å². The summed E-state index contributed by atoms with van der Waals surface area (Å²) >= 11 is 0. The number of ether oxygens (including phenoxy) is 1. The Morgan fingerprint density at radius 2 is 1.85 bits per heavy atom. The molecule has 1 saturated heterocycles. The molecule has 0 aromatic rings. The Kier molecular flexibility index (Phi) is 6.18. The molecule has 1 fully saturated rings. The van der Waals surface area contributed by atoms with E-state index >= 15 is 0 Å². The Balaban J connectivity index is 2.68. The Hall–Kier alpha value is -0.433. The molecule has 20 heavy (non-hydrogen) atoms. The van der Waals surface area contributed by atoms with Gasteiger partial charge < -0.3 is 14.5 Å². The van der Waals surface area contributed by atoms with E-state index in [1.54, 1.807) is 0 Å². The number of carbonyl (C=O) groups excluding carboxylic acids is 1. The Morgan fingerprint density at radius 3 is 2.30 bits per heavy atom. The van der Waals surface area contributed by atoms with Crippen molar-refractivity contribution >= 4 is 14.3 Å². The van der Waals surface area contributed by atoms with Crippen LogP contribution in [0, 0.1) is 0 Å². The lowest BCUT2D eigenvalue weighted by atomic mass is 10.2. The molecule has 0 radical (unpaired) electrons. The summed E-state index contributed by atoms with van der Waals surface area (Å²) in [6.07, 6.45) is 0. The van der Waals surface area contributed by atoms with Gasteiger partial charge >= 0.3 is 5.97 Å². The van der Waals surface area contributed by atoms with Crippen LogP contribution >= 0.6 is 0 Å². The van der Waals surface area contributed by atoms with Gasteiger partial charge in [-0.15, -0.1) is 0 Å². The molecule has 6 heteroatoms. The van der Waals surface area contributed by atoms with Crippen molar-refractivity contribution in [1.29, 1.82) is 0 Å². The SMILES string of the molecule is COC(=O)[C@@H](CO[Si](C)(C)C(C)(C)C)N1CCNCC1. The molecule has 1 aliphatic heterocycles. The standard InChI is InChI=1S/C14H30N2O3Si/c1-14(2,3)20(5,6)19-11-12(13(17)18-4)16-9-7-15-8-10-16/h12,15H,7-11H2,1-6H3/t12-/m1/s1. The molecule has 0 unspecified atom stereocenters. The highest BCUT2D eigenvalue weighted by atomic mass is 28.4. The Bertz CT molecular complexity index is 323. The number of nitrogens with zero attached hydrogens (tertiary/aromatic N) is 1. The maximum atomic E-state index is 12.0. The van der Waals surface area contributed by atoms with Crippen LogP contribution in [0.15, 0.2) is 0 Å². The topological polar surface area (TPSA) is 50.8 Å². The fraction of sp³-hybridized carbons (Fsp3) is 0.929. The highest BCUT2D eigenvalue weighted by molar-refractivity contribution is 6.74. The second kappa shape index (κ2) is 7.02. The predicted molar refractivity (Wildman–Crippen MR) is 83.4 cm³/mol. The van der Waals surface area contributed by atoms with Gasteiger partial charge in [-0.25, -0.2) is 0 Å². The van der Waals surface area contributed by atoms with E-state index in [0.29, 0.717) is 6.61 Å². The molecule has 0 aliphatic carbocycles. The normalized spacial score (nSPS) is 19.7. The first-order valence-electron chi connectivity index (χ1n) is 7.35. The Morgan fingerprint density at radius 1 is 1.30 bits per heavy atom. The Labute approximate surface area is 124 Å². The molecular formula is C14H30N2O3Si. The number of piperazine rings is 1. The molecular weight excluding hydrogens is 272 g/mol. The first-order chi connectivity index (χ1) is 9.19. The predicted octanol–water partition coefficient (Wildman–Crippen LogP) is 1.46. The lowest BCUT2D eigenvalue weighted by Gasteiger charge is -2.39. The average molecular weight is 302 g/mol. The molecule has 0 bridgehead atoms.